The van der Waals surface area contributed by atoms with Crippen molar-refractivity contribution in [3.05, 3.63) is 29.6 Å². The minimum Gasteiger partial charge on any atom is -0.368 e. The van der Waals surface area contributed by atoms with E-state index in [0.29, 0.717) is 12.1 Å². The van der Waals surface area contributed by atoms with Crippen molar-refractivity contribution in [2.75, 3.05) is 19.6 Å². The smallest absolute Gasteiger partial charge is 0.274 e. The van der Waals surface area contributed by atoms with Gasteiger partial charge in [0.15, 0.2) is 0 Å². The molecule has 2 amide bonds. The summed E-state index contributed by atoms with van der Waals surface area (Å²) in [6.07, 6.45) is 3.21. The lowest BCUT2D eigenvalue weighted by molar-refractivity contribution is -0.118. The van der Waals surface area contributed by atoms with Crippen molar-refractivity contribution in [3.63, 3.8) is 0 Å². The minimum absolute atomic E-state index is 0.126. The molecule has 0 fully saturated rings. The highest BCUT2D eigenvalue weighted by molar-refractivity contribution is 5.96. The summed E-state index contributed by atoms with van der Waals surface area (Å²) >= 11 is 0. The molecule has 0 saturated carbocycles. The first-order valence-electron chi connectivity index (χ1n) is 6.81. The van der Waals surface area contributed by atoms with Crippen LogP contribution in [0.25, 0.3) is 0 Å². The van der Waals surface area contributed by atoms with Crippen LogP contribution >= 0.6 is 0 Å². The lowest BCUT2D eigenvalue weighted by Gasteiger charge is -2.20. The van der Waals surface area contributed by atoms with Crippen LogP contribution in [0.15, 0.2) is 18.3 Å². The highest BCUT2D eigenvalue weighted by Gasteiger charge is 2.20. The topological polar surface area (TPSA) is 102 Å². The molecule has 6 nitrogen and oxygen atoms in total. The molecule has 0 radical (unpaired) electrons. The van der Waals surface area contributed by atoms with Gasteiger partial charge in [-0.15, -0.1) is 0 Å². The molecule has 0 unspecified atom stereocenters. The summed E-state index contributed by atoms with van der Waals surface area (Å²) in [6.45, 7) is 2.53. The van der Waals surface area contributed by atoms with Gasteiger partial charge in [-0.2, -0.15) is 0 Å². The average Bonchev–Trinajstić information content (AvgIpc) is 2.48. The number of carbonyl (C=O) groups is 2. The Labute approximate surface area is 124 Å². The normalized spacial score (nSPS) is 9.62. The Kier molecular flexibility index (Phi) is 6.92. The van der Waals surface area contributed by atoms with Crippen molar-refractivity contribution in [1.29, 1.82) is 0 Å². The molecule has 1 heterocycles. The van der Waals surface area contributed by atoms with E-state index in [1.54, 1.807) is 12.1 Å². The van der Waals surface area contributed by atoms with E-state index in [4.69, 9.17) is 11.5 Å². The number of primary amides is 1. The molecule has 0 bridgehead atoms. The molecule has 21 heavy (non-hydrogen) atoms. The van der Waals surface area contributed by atoms with E-state index in [2.05, 4.69) is 16.8 Å². The predicted molar refractivity (Wildman–Crippen MR) is 80.2 cm³/mol. The molecule has 112 valence electrons. The van der Waals surface area contributed by atoms with Crippen LogP contribution in [0.1, 0.15) is 35.8 Å². The number of nitrogens with zero attached hydrogens (tertiary/aromatic N) is 2. The van der Waals surface area contributed by atoms with E-state index in [1.165, 1.54) is 11.1 Å². The molecular formula is C15H20N4O2. The minimum atomic E-state index is -0.551. The number of hydrogen-bond donors (Lipinski definition) is 2. The predicted octanol–water partition coefficient (Wildman–Crippen LogP) is 0.119. The van der Waals surface area contributed by atoms with Crippen molar-refractivity contribution >= 4 is 11.8 Å². The third-order valence-electron chi connectivity index (χ3n) is 2.75. The highest BCUT2D eigenvalue weighted by atomic mass is 16.2. The van der Waals surface area contributed by atoms with E-state index in [1.807, 2.05) is 6.92 Å². The molecule has 4 N–H and O–H groups in total. The summed E-state index contributed by atoms with van der Waals surface area (Å²) in [5, 5.41) is 0. The van der Waals surface area contributed by atoms with Crippen LogP contribution in [0.4, 0.5) is 0 Å². The Balaban J connectivity index is 3.04. The van der Waals surface area contributed by atoms with Crippen LogP contribution in [0.2, 0.25) is 0 Å². The summed E-state index contributed by atoms with van der Waals surface area (Å²) in [5.41, 5.74) is 11.3. The van der Waals surface area contributed by atoms with Gasteiger partial charge < -0.3 is 16.4 Å². The van der Waals surface area contributed by atoms with Crippen molar-refractivity contribution in [1.82, 2.24) is 9.88 Å². The van der Waals surface area contributed by atoms with Gasteiger partial charge >= 0.3 is 0 Å². The lowest BCUT2D eigenvalue weighted by Crippen LogP contribution is -2.39. The van der Waals surface area contributed by atoms with Gasteiger partial charge in [-0.1, -0.05) is 25.2 Å². The summed E-state index contributed by atoms with van der Waals surface area (Å²) in [6, 6.07) is 3.40. The number of nitrogens with two attached hydrogens (primary N) is 2. The third kappa shape index (κ3) is 5.24. The van der Waals surface area contributed by atoms with Gasteiger partial charge in [-0.3, -0.25) is 9.59 Å². The van der Waals surface area contributed by atoms with Gasteiger partial charge in [-0.25, -0.2) is 4.98 Å². The first kappa shape index (κ1) is 16.7. The lowest BCUT2D eigenvalue weighted by atomic mass is 10.1. The van der Waals surface area contributed by atoms with Gasteiger partial charge in [0.2, 0.25) is 5.91 Å². The first-order valence-corrected chi connectivity index (χ1v) is 6.81. The van der Waals surface area contributed by atoms with Crippen LogP contribution in [0.3, 0.4) is 0 Å². The zero-order chi connectivity index (χ0) is 15.7. The Morgan fingerprint density at radius 1 is 1.43 bits per heavy atom. The van der Waals surface area contributed by atoms with Crippen molar-refractivity contribution in [2.45, 2.75) is 19.8 Å². The molecule has 0 saturated heterocycles. The van der Waals surface area contributed by atoms with Crippen LogP contribution in [-0.2, 0) is 4.79 Å². The largest absolute Gasteiger partial charge is 0.368 e. The number of carbonyl (C=O) groups excluding carboxylic acids is 2. The zero-order valence-corrected chi connectivity index (χ0v) is 12.1. The molecule has 0 aliphatic rings. The molecule has 1 rings (SSSR count). The number of unbranched alkanes of at least 4 members (excludes halogenated alkanes) is 1. The SMILES string of the molecule is CCCCN(CC(N)=O)C(=O)c1ncccc1C#CCN. The fourth-order valence-corrected chi connectivity index (χ4v) is 1.76. The number of pyridine rings is 1. The summed E-state index contributed by atoms with van der Waals surface area (Å²) in [4.78, 5) is 29.1. The second-order valence-corrected chi connectivity index (χ2v) is 4.45. The number of hydrogen-bond acceptors (Lipinski definition) is 4. The molecule has 0 aliphatic heterocycles. The fraction of sp³-hybridized carbons (Fsp3) is 0.400. The summed E-state index contributed by atoms with van der Waals surface area (Å²) in [5.74, 6) is 4.62. The molecule has 0 spiro atoms. The van der Waals surface area contributed by atoms with E-state index < -0.39 is 5.91 Å². The summed E-state index contributed by atoms with van der Waals surface area (Å²) < 4.78 is 0. The second kappa shape index (κ2) is 8.72. The molecule has 1 aromatic rings. The molecule has 6 heteroatoms. The Bertz CT molecular complexity index is 560. The van der Waals surface area contributed by atoms with E-state index in [0.717, 1.165) is 12.8 Å². The molecule has 0 atom stereocenters. The third-order valence-corrected chi connectivity index (χ3v) is 2.75. The average molecular weight is 288 g/mol. The molecular weight excluding hydrogens is 268 g/mol. The number of aromatic nitrogens is 1. The Hall–Kier alpha value is -2.39. The van der Waals surface area contributed by atoms with Gasteiger partial charge in [0.1, 0.15) is 5.69 Å². The van der Waals surface area contributed by atoms with Crippen molar-refractivity contribution < 1.29 is 9.59 Å². The zero-order valence-electron chi connectivity index (χ0n) is 12.1. The maximum Gasteiger partial charge on any atom is 0.274 e. The van der Waals surface area contributed by atoms with E-state index in [9.17, 15) is 9.59 Å². The summed E-state index contributed by atoms with van der Waals surface area (Å²) in [7, 11) is 0. The first-order chi connectivity index (χ1) is 10.1. The van der Waals surface area contributed by atoms with Crippen LogP contribution in [-0.4, -0.2) is 41.3 Å². The molecule has 0 aromatic carbocycles. The maximum atomic E-state index is 12.5. The van der Waals surface area contributed by atoms with E-state index >= 15 is 0 Å². The standard InChI is InChI=1S/C15H20N4O2/c1-2-3-10-19(11-13(17)20)15(21)14-12(6-4-8-16)7-5-9-18-14/h5,7,9H,2-3,8,10-11,16H2,1H3,(H2,17,20). The number of amides is 2. The fourth-order valence-electron chi connectivity index (χ4n) is 1.76. The van der Waals surface area contributed by atoms with E-state index in [-0.39, 0.29) is 24.7 Å². The van der Waals surface area contributed by atoms with Crippen LogP contribution in [0.5, 0.6) is 0 Å². The van der Waals surface area contributed by atoms with Crippen molar-refractivity contribution in [3.8, 4) is 11.8 Å². The van der Waals surface area contributed by atoms with Crippen LogP contribution < -0.4 is 11.5 Å². The van der Waals surface area contributed by atoms with Gasteiger partial charge in [-0.05, 0) is 18.6 Å². The molecule has 0 aliphatic carbocycles. The Morgan fingerprint density at radius 3 is 2.81 bits per heavy atom. The maximum absolute atomic E-state index is 12.5. The molecule has 1 aromatic heterocycles. The quantitative estimate of drug-likeness (QED) is 0.726. The van der Waals surface area contributed by atoms with Gasteiger partial charge in [0.25, 0.3) is 5.91 Å². The second-order valence-electron chi connectivity index (χ2n) is 4.45. The Morgan fingerprint density at radius 2 is 2.19 bits per heavy atom. The van der Waals surface area contributed by atoms with Crippen molar-refractivity contribution in [2.24, 2.45) is 11.5 Å². The monoisotopic (exact) mass is 288 g/mol. The van der Waals surface area contributed by atoms with Gasteiger partial charge in [0.05, 0.1) is 18.7 Å². The van der Waals surface area contributed by atoms with Gasteiger partial charge in [0, 0.05) is 12.7 Å². The highest BCUT2D eigenvalue weighted by Crippen LogP contribution is 2.09. The van der Waals surface area contributed by atoms with Crippen LogP contribution in [0, 0.1) is 11.8 Å². The number of rotatable bonds is 6.